The van der Waals surface area contributed by atoms with Crippen LogP contribution in [0.1, 0.15) is 19.3 Å². The van der Waals surface area contributed by atoms with Gasteiger partial charge in [-0.15, -0.1) is 0 Å². The first-order chi connectivity index (χ1) is 12.3. The molecular formula is C20H25N3O2. The molecule has 132 valence electrons. The summed E-state index contributed by atoms with van der Waals surface area (Å²) in [6, 6.07) is 8.37. The number of hydrogen-bond acceptors (Lipinski definition) is 4. The molecule has 0 spiro atoms. The topological polar surface area (TPSA) is 36.0 Å². The van der Waals surface area contributed by atoms with Gasteiger partial charge in [-0.25, -0.2) is 0 Å². The molecule has 1 aromatic carbocycles. The Morgan fingerprint density at radius 2 is 1.68 bits per heavy atom. The summed E-state index contributed by atoms with van der Waals surface area (Å²) in [6.07, 6.45) is 9.20. The number of nitrogens with zero attached hydrogens (tertiary/aromatic N) is 3. The van der Waals surface area contributed by atoms with E-state index in [2.05, 4.69) is 52.4 Å². The first kappa shape index (κ1) is 16.2. The highest BCUT2D eigenvalue weighted by Crippen LogP contribution is 2.26. The van der Waals surface area contributed by atoms with E-state index >= 15 is 0 Å². The number of piperidine rings is 1. The van der Waals surface area contributed by atoms with E-state index < -0.39 is 0 Å². The SMILES string of the molecule is O=C1CCCCN1c1ccc(N2C=CC=C(N3CCOCC3)C2)cc1. The van der Waals surface area contributed by atoms with E-state index in [4.69, 9.17) is 4.74 Å². The van der Waals surface area contributed by atoms with Gasteiger partial charge in [0.05, 0.1) is 19.8 Å². The Labute approximate surface area is 149 Å². The van der Waals surface area contributed by atoms with Crippen molar-refractivity contribution in [2.24, 2.45) is 0 Å². The molecule has 4 rings (SSSR count). The lowest BCUT2D eigenvalue weighted by molar-refractivity contribution is -0.119. The normalized spacial score (nSPS) is 21.5. The average Bonchev–Trinajstić information content (AvgIpc) is 2.69. The molecule has 25 heavy (non-hydrogen) atoms. The molecule has 0 aromatic heterocycles. The fourth-order valence-electron chi connectivity index (χ4n) is 3.67. The van der Waals surface area contributed by atoms with E-state index in [0.29, 0.717) is 6.42 Å². The molecule has 1 amide bonds. The highest BCUT2D eigenvalue weighted by atomic mass is 16.5. The fraction of sp³-hybridized carbons (Fsp3) is 0.450. The lowest BCUT2D eigenvalue weighted by Gasteiger charge is -2.35. The van der Waals surface area contributed by atoms with Gasteiger partial charge in [0.15, 0.2) is 0 Å². The zero-order valence-electron chi connectivity index (χ0n) is 14.6. The molecule has 0 aliphatic carbocycles. The smallest absolute Gasteiger partial charge is 0.226 e. The van der Waals surface area contributed by atoms with E-state index in [1.54, 1.807) is 0 Å². The number of allylic oxidation sites excluding steroid dienone is 2. The van der Waals surface area contributed by atoms with Gasteiger partial charge in [-0.2, -0.15) is 0 Å². The average molecular weight is 339 g/mol. The van der Waals surface area contributed by atoms with E-state index in [-0.39, 0.29) is 5.91 Å². The van der Waals surface area contributed by atoms with Crippen molar-refractivity contribution in [2.45, 2.75) is 19.3 Å². The van der Waals surface area contributed by atoms with Gasteiger partial charge >= 0.3 is 0 Å². The fourth-order valence-corrected chi connectivity index (χ4v) is 3.67. The van der Waals surface area contributed by atoms with Gasteiger partial charge in [0, 0.05) is 49.3 Å². The Morgan fingerprint density at radius 3 is 2.44 bits per heavy atom. The summed E-state index contributed by atoms with van der Waals surface area (Å²) < 4.78 is 5.45. The molecule has 0 unspecified atom stereocenters. The van der Waals surface area contributed by atoms with Crippen LogP contribution < -0.4 is 9.80 Å². The number of amides is 1. The van der Waals surface area contributed by atoms with E-state index in [0.717, 1.165) is 63.6 Å². The summed E-state index contributed by atoms with van der Waals surface area (Å²) in [6.45, 7) is 5.25. The molecule has 2 saturated heterocycles. The summed E-state index contributed by atoms with van der Waals surface area (Å²) >= 11 is 0. The standard InChI is InChI=1S/C20H25N3O2/c24-20-5-1-2-11-23(20)18-8-6-17(7-9-18)22-10-3-4-19(16-22)21-12-14-25-15-13-21/h3-4,6-10H,1-2,5,11-16H2. The van der Waals surface area contributed by atoms with Gasteiger partial charge in [0.2, 0.25) is 5.91 Å². The van der Waals surface area contributed by atoms with Gasteiger partial charge in [0.25, 0.3) is 0 Å². The second kappa shape index (κ2) is 7.31. The lowest BCUT2D eigenvalue weighted by atomic mass is 10.1. The van der Waals surface area contributed by atoms with Crippen LogP contribution in [0.5, 0.6) is 0 Å². The first-order valence-electron chi connectivity index (χ1n) is 9.18. The predicted molar refractivity (Wildman–Crippen MR) is 99.6 cm³/mol. The third-order valence-electron chi connectivity index (χ3n) is 5.12. The summed E-state index contributed by atoms with van der Waals surface area (Å²) in [5.41, 5.74) is 3.50. The molecule has 0 saturated carbocycles. The summed E-state index contributed by atoms with van der Waals surface area (Å²) in [7, 11) is 0. The molecule has 3 aliphatic heterocycles. The first-order valence-corrected chi connectivity index (χ1v) is 9.18. The Kier molecular flexibility index (Phi) is 4.74. The third-order valence-corrected chi connectivity index (χ3v) is 5.12. The van der Waals surface area contributed by atoms with Gasteiger partial charge in [-0.3, -0.25) is 4.79 Å². The van der Waals surface area contributed by atoms with Crippen LogP contribution in [-0.4, -0.2) is 50.2 Å². The minimum absolute atomic E-state index is 0.245. The molecular weight excluding hydrogens is 314 g/mol. The van der Waals surface area contributed by atoms with Gasteiger partial charge in [0.1, 0.15) is 0 Å². The summed E-state index contributed by atoms with van der Waals surface area (Å²) in [4.78, 5) is 18.7. The number of ether oxygens (including phenoxy) is 1. The van der Waals surface area contributed by atoms with Crippen molar-refractivity contribution in [1.82, 2.24) is 4.90 Å². The van der Waals surface area contributed by atoms with Crippen LogP contribution in [0, 0.1) is 0 Å². The van der Waals surface area contributed by atoms with Crippen molar-refractivity contribution in [3.05, 3.63) is 48.3 Å². The predicted octanol–water partition coefficient (Wildman–Crippen LogP) is 2.75. The zero-order chi connectivity index (χ0) is 17.1. The number of rotatable bonds is 3. The molecule has 3 aliphatic rings. The Morgan fingerprint density at radius 1 is 0.920 bits per heavy atom. The number of anilines is 2. The molecule has 0 N–H and O–H groups in total. The van der Waals surface area contributed by atoms with E-state index in [9.17, 15) is 4.79 Å². The van der Waals surface area contributed by atoms with E-state index in [1.807, 2.05) is 4.90 Å². The molecule has 0 radical (unpaired) electrons. The number of carbonyl (C=O) groups is 1. The van der Waals surface area contributed by atoms with Crippen LogP contribution >= 0.6 is 0 Å². The quantitative estimate of drug-likeness (QED) is 0.848. The highest BCUT2D eigenvalue weighted by Gasteiger charge is 2.21. The zero-order valence-corrected chi connectivity index (χ0v) is 14.6. The maximum Gasteiger partial charge on any atom is 0.226 e. The largest absolute Gasteiger partial charge is 0.378 e. The molecule has 3 heterocycles. The van der Waals surface area contributed by atoms with Crippen LogP contribution in [0.2, 0.25) is 0 Å². The second-order valence-electron chi connectivity index (χ2n) is 6.75. The Hall–Kier alpha value is -2.27. The number of hydrogen-bond donors (Lipinski definition) is 0. The van der Waals surface area contributed by atoms with Crippen LogP contribution in [-0.2, 0) is 9.53 Å². The van der Waals surface area contributed by atoms with Gasteiger partial charge in [-0.1, -0.05) is 0 Å². The van der Waals surface area contributed by atoms with Crippen LogP contribution in [0.3, 0.4) is 0 Å². The lowest BCUT2D eigenvalue weighted by Crippen LogP contribution is -2.39. The third kappa shape index (κ3) is 3.56. The Bertz CT molecular complexity index is 675. The van der Waals surface area contributed by atoms with Crippen LogP contribution in [0.25, 0.3) is 0 Å². The molecule has 0 atom stereocenters. The number of benzene rings is 1. The highest BCUT2D eigenvalue weighted by molar-refractivity contribution is 5.94. The van der Waals surface area contributed by atoms with Crippen LogP contribution in [0.15, 0.2) is 48.3 Å². The second-order valence-corrected chi connectivity index (χ2v) is 6.75. The maximum atomic E-state index is 12.1. The van der Waals surface area contributed by atoms with Crippen molar-refractivity contribution in [3.63, 3.8) is 0 Å². The number of carbonyl (C=O) groups excluding carboxylic acids is 1. The van der Waals surface area contributed by atoms with Crippen molar-refractivity contribution < 1.29 is 9.53 Å². The van der Waals surface area contributed by atoms with Gasteiger partial charge < -0.3 is 19.4 Å². The Balaban J connectivity index is 1.44. The molecule has 1 aromatic rings. The minimum atomic E-state index is 0.245. The minimum Gasteiger partial charge on any atom is -0.378 e. The molecule has 5 heteroatoms. The monoisotopic (exact) mass is 339 g/mol. The summed E-state index contributed by atoms with van der Waals surface area (Å²) in [5, 5.41) is 0. The van der Waals surface area contributed by atoms with Crippen molar-refractivity contribution >= 4 is 17.3 Å². The van der Waals surface area contributed by atoms with Crippen molar-refractivity contribution in [2.75, 3.05) is 49.2 Å². The molecule has 5 nitrogen and oxygen atoms in total. The van der Waals surface area contributed by atoms with Gasteiger partial charge in [-0.05, 0) is 49.3 Å². The summed E-state index contributed by atoms with van der Waals surface area (Å²) in [5.74, 6) is 0.245. The van der Waals surface area contributed by atoms with Crippen molar-refractivity contribution in [1.29, 1.82) is 0 Å². The molecule has 0 bridgehead atoms. The van der Waals surface area contributed by atoms with Crippen LogP contribution in [0.4, 0.5) is 11.4 Å². The van der Waals surface area contributed by atoms with Crippen molar-refractivity contribution in [3.8, 4) is 0 Å². The maximum absolute atomic E-state index is 12.1. The van der Waals surface area contributed by atoms with E-state index in [1.165, 1.54) is 5.70 Å². The molecule has 2 fully saturated rings. The number of morpholine rings is 1.